The minimum atomic E-state index is -1.70. The number of fused-ring (bicyclic) bond motifs is 1. The third kappa shape index (κ3) is 4.37. The number of rotatable bonds is 7. The molecule has 4 nitrogen and oxygen atoms in total. The minimum Gasteiger partial charge on any atom is -0.414 e. The summed E-state index contributed by atoms with van der Waals surface area (Å²) in [7, 11) is -0.0445. The molecule has 0 unspecified atom stereocenters. The quantitative estimate of drug-likeness (QED) is 0.435. The van der Waals surface area contributed by atoms with E-state index in [1.54, 1.807) is 7.11 Å². The van der Waals surface area contributed by atoms with Gasteiger partial charge in [-0.25, -0.2) is 0 Å². The normalized spacial score (nSPS) is 34.8. The standard InChI is InChI=1S/C18H36O4Si/c1-18(2,3)23(5,6)22-15-8-13-7-14(10-19)17(16(13)9-15)11-21-12-20-4/h13-17,19H,7-12H2,1-6H3/t13-,14-,15+,16+,17+/m1/s1. The molecule has 136 valence electrons. The van der Waals surface area contributed by atoms with Gasteiger partial charge < -0.3 is 19.0 Å². The van der Waals surface area contributed by atoms with Gasteiger partial charge in [-0.2, -0.15) is 0 Å². The zero-order valence-electron chi connectivity index (χ0n) is 15.8. The Balaban J connectivity index is 1.95. The van der Waals surface area contributed by atoms with Crippen molar-refractivity contribution in [1.29, 1.82) is 0 Å². The number of aliphatic hydroxyl groups is 1. The molecule has 0 aromatic heterocycles. The molecular formula is C18H36O4Si. The third-order valence-electron chi connectivity index (χ3n) is 6.48. The van der Waals surface area contributed by atoms with Crippen molar-refractivity contribution >= 4 is 8.32 Å². The first-order valence-electron chi connectivity index (χ1n) is 9.05. The Labute approximate surface area is 143 Å². The predicted octanol–water partition coefficient (Wildman–Crippen LogP) is 3.65. The monoisotopic (exact) mass is 344 g/mol. The smallest absolute Gasteiger partial charge is 0.192 e. The molecule has 0 aromatic carbocycles. The zero-order chi connectivity index (χ0) is 17.3. The molecule has 1 N–H and O–H groups in total. The molecule has 0 bridgehead atoms. The van der Waals surface area contributed by atoms with Crippen molar-refractivity contribution in [3.8, 4) is 0 Å². The highest BCUT2D eigenvalue weighted by Gasteiger charge is 2.50. The number of hydrogen-bond donors (Lipinski definition) is 1. The average Bonchev–Trinajstić information content (AvgIpc) is 2.95. The van der Waals surface area contributed by atoms with Gasteiger partial charge in [0.1, 0.15) is 6.79 Å². The highest BCUT2D eigenvalue weighted by atomic mass is 28.4. The fraction of sp³-hybridized carbons (Fsp3) is 1.00. The summed E-state index contributed by atoms with van der Waals surface area (Å²) < 4.78 is 17.3. The zero-order valence-corrected chi connectivity index (χ0v) is 16.8. The number of aliphatic hydroxyl groups excluding tert-OH is 1. The molecule has 0 saturated heterocycles. The fourth-order valence-corrected chi connectivity index (χ4v) is 5.62. The van der Waals surface area contributed by atoms with Gasteiger partial charge in [0.25, 0.3) is 0 Å². The van der Waals surface area contributed by atoms with E-state index in [0.717, 1.165) is 19.3 Å². The summed E-state index contributed by atoms with van der Waals surface area (Å²) >= 11 is 0. The summed E-state index contributed by atoms with van der Waals surface area (Å²) in [6.45, 7) is 12.9. The number of hydrogen-bond acceptors (Lipinski definition) is 4. The molecule has 0 spiro atoms. The van der Waals surface area contributed by atoms with Crippen LogP contribution < -0.4 is 0 Å². The SMILES string of the molecule is COCOC[C@H]1[C@@H](CO)C[C@@H]2C[C@H](O[Si](C)(C)C(C)(C)C)C[C@@H]21. The molecule has 23 heavy (non-hydrogen) atoms. The lowest BCUT2D eigenvalue weighted by molar-refractivity contribution is -0.0566. The van der Waals surface area contributed by atoms with Gasteiger partial charge in [0.2, 0.25) is 0 Å². The van der Waals surface area contributed by atoms with Gasteiger partial charge in [-0.1, -0.05) is 20.8 Å². The van der Waals surface area contributed by atoms with Gasteiger partial charge in [0.05, 0.1) is 6.61 Å². The third-order valence-corrected chi connectivity index (χ3v) is 11.0. The summed E-state index contributed by atoms with van der Waals surface area (Å²) in [5.41, 5.74) is 0. The molecule has 0 aliphatic heterocycles. The largest absolute Gasteiger partial charge is 0.414 e. The van der Waals surface area contributed by atoms with Crippen molar-refractivity contribution in [1.82, 2.24) is 0 Å². The molecule has 0 aromatic rings. The van der Waals surface area contributed by atoms with Crippen LogP contribution in [-0.4, -0.2) is 46.6 Å². The average molecular weight is 345 g/mol. The van der Waals surface area contributed by atoms with Crippen molar-refractivity contribution in [3.05, 3.63) is 0 Å². The van der Waals surface area contributed by atoms with Crippen LogP contribution in [0, 0.1) is 23.7 Å². The second kappa shape index (κ2) is 7.52. The lowest BCUT2D eigenvalue weighted by Crippen LogP contribution is -2.43. The van der Waals surface area contributed by atoms with Crippen LogP contribution in [0.3, 0.4) is 0 Å². The molecule has 0 heterocycles. The summed E-state index contributed by atoms with van der Waals surface area (Å²) in [6.07, 6.45) is 3.82. The second-order valence-corrected chi connectivity index (χ2v) is 13.8. The van der Waals surface area contributed by atoms with Crippen LogP contribution in [0.2, 0.25) is 18.1 Å². The van der Waals surface area contributed by atoms with E-state index in [1.165, 1.54) is 0 Å². The summed E-state index contributed by atoms with van der Waals surface area (Å²) in [5.74, 6) is 2.17. The van der Waals surface area contributed by atoms with Gasteiger partial charge in [-0.05, 0) is 61.1 Å². The first-order valence-corrected chi connectivity index (χ1v) is 12.0. The molecule has 2 fully saturated rings. The highest BCUT2D eigenvalue weighted by molar-refractivity contribution is 6.74. The first kappa shape index (κ1) is 19.4. The van der Waals surface area contributed by atoms with Crippen molar-refractivity contribution in [2.75, 3.05) is 27.1 Å². The maximum atomic E-state index is 9.70. The fourth-order valence-electron chi connectivity index (χ4n) is 4.24. The first-order chi connectivity index (χ1) is 10.7. The van der Waals surface area contributed by atoms with E-state index in [1.807, 2.05) is 0 Å². The Kier molecular flexibility index (Phi) is 6.34. The lowest BCUT2D eigenvalue weighted by Gasteiger charge is -2.39. The maximum Gasteiger partial charge on any atom is 0.192 e. The molecule has 0 radical (unpaired) electrons. The van der Waals surface area contributed by atoms with Crippen LogP contribution >= 0.6 is 0 Å². The van der Waals surface area contributed by atoms with Gasteiger partial charge in [0, 0.05) is 19.8 Å². The van der Waals surface area contributed by atoms with Crippen molar-refractivity contribution in [3.63, 3.8) is 0 Å². The Morgan fingerprint density at radius 1 is 1.13 bits per heavy atom. The molecule has 2 saturated carbocycles. The van der Waals surface area contributed by atoms with E-state index < -0.39 is 8.32 Å². The van der Waals surface area contributed by atoms with E-state index in [9.17, 15) is 5.11 Å². The molecule has 5 atom stereocenters. The van der Waals surface area contributed by atoms with E-state index in [4.69, 9.17) is 13.9 Å². The Morgan fingerprint density at radius 3 is 2.39 bits per heavy atom. The Hall–Kier alpha value is 0.0569. The minimum absolute atomic E-state index is 0.263. The van der Waals surface area contributed by atoms with Crippen LogP contribution in [0.15, 0.2) is 0 Å². The van der Waals surface area contributed by atoms with Crippen LogP contribution in [0.1, 0.15) is 40.0 Å². The van der Waals surface area contributed by atoms with E-state index in [0.29, 0.717) is 43.2 Å². The lowest BCUT2D eigenvalue weighted by atomic mass is 9.88. The predicted molar refractivity (Wildman–Crippen MR) is 94.8 cm³/mol. The van der Waals surface area contributed by atoms with Crippen molar-refractivity contribution in [2.24, 2.45) is 23.7 Å². The van der Waals surface area contributed by atoms with E-state index in [2.05, 4.69) is 33.9 Å². The topological polar surface area (TPSA) is 47.9 Å². The number of methoxy groups -OCH3 is 1. The molecule has 2 rings (SSSR count). The van der Waals surface area contributed by atoms with Crippen LogP contribution in [-0.2, 0) is 13.9 Å². The highest BCUT2D eigenvalue weighted by Crippen LogP contribution is 2.52. The van der Waals surface area contributed by atoms with Crippen LogP contribution in [0.5, 0.6) is 0 Å². The summed E-state index contributed by atoms with van der Waals surface area (Å²) in [4.78, 5) is 0. The Morgan fingerprint density at radius 2 is 1.83 bits per heavy atom. The van der Waals surface area contributed by atoms with Gasteiger partial charge in [0.15, 0.2) is 8.32 Å². The van der Waals surface area contributed by atoms with Crippen LogP contribution in [0.4, 0.5) is 0 Å². The molecular weight excluding hydrogens is 308 g/mol. The Bertz CT molecular complexity index is 380. The number of ether oxygens (including phenoxy) is 2. The van der Waals surface area contributed by atoms with Gasteiger partial charge >= 0.3 is 0 Å². The molecule has 2 aliphatic rings. The van der Waals surface area contributed by atoms with E-state index in [-0.39, 0.29) is 11.6 Å². The van der Waals surface area contributed by atoms with Crippen molar-refractivity contribution in [2.45, 2.75) is 64.3 Å². The summed E-state index contributed by atoms with van der Waals surface area (Å²) in [6, 6.07) is 0. The van der Waals surface area contributed by atoms with E-state index >= 15 is 0 Å². The summed E-state index contributed by atoms with van der Waals surface area (Å²) in [5, 5.41) is 9.96. The van der Waals surface area contributed by atoms with Crippen molar-refractivity contribution < 1.29 is 19.0 Å². The molecule has 0 amide bonds. The van der Waals surface area contributed by atoms with Gasteiger partial charge in [-0.3, -0.25) is 0 Å². The van der Waals surface area contributed by atoms with Crippen LogP contribution in [0.25, 0.3) is 0 Å². The molecule has 2 aliphatic carbocycles. The maximum absolute atomic E-state index is 9.70. The van der Waals surface area contributed by atoms with Gasteiger partial charge in [-0.15, -0.1) is 0 Å². The second-order valence-electron chi connectivity index (χ2n) is 9.02. The molecule has 5 heteroatoms.